The van der Waals surface area contributed by atoms with Gasteiger partial charge in [-0.05, 0) is 0 Å². The maximum atomic E-state index is 9.25. The normalized spacial score (nSPS) is 51.5. The summed E-state index contributed by atoms with van der Waals surface area (Å²) >= 11 is 0.545. The summed E-state index contributed by atoms with van der Waals surface area (Å²) in [5.41, 5.74) is -1.25. The van der Waals surface area contributed by atoms with Gasteiger partial charge in [0.2, 0.25) is 0 Å². The lowest BCUT2D eigenvalue weighted by atomic mass is 10.1. The van der Waals surface area contributed by atoms with E-state index in [0.717, 1.165) is 0 Å². The van der Waals surface area contributed by atoms with Crippen molar-refractivity contribution >= 4 is 11.8 Å². The fourth-order valence-corrected chi connectivity index (χ4v) is 1.96. The lowest BCUT2D eigenvalue weighted by Gasteiger charge is -2.22. The fraction of sp³-hybridized carbons (Fsp3) is 1.00. The van der Waals surface area contributed by atoms with Crippen molar-refractivity contribution in [2.24, 2.45) is 0 Å². The Morgan fingerprint density at radius 3 is 2.00 bits per heavy atom. The van der Waals surface area contributed by atoms with Gasteiger partial charge < -0.3 is 25.5 Å². The molecule has 1 saturated heterocycles. The van der Waals surface area contributed by atoms with Crippen LogP contribution in [-0.4, -0.2) is 54.7 Å². The minimum absolute atomic E-state index is 0.545. The summed E-state index contributed by atoms with van der Waals surface area (Å²) in [5, 5.41) is 44.7. The highest BCUT2D eigenvalue weighted by molar-refractivity contribution is 8.01. The molecule has 1 unspecified atom stereocenters. The molecule has 0 aliphatic carbocycles. The number of rotatable bonds is 1. The van der Waals surface area contributed by atoms with Crippen LogP contribution in [0.4, 0.5) is 0 Å². The van der Waals surface area contributed by atoms with Crippen molar-refractivity contribution < 1.29 is 25.5 Å². The number of aliphatic hydroxyl groups excluding tert-OH is 4. The van der Waals surface area contributed by atoms with E-state index in [1.54, 1.807) is 0 Å². The molecule has 0 spiro atoms. The van der Waals surface area contributed by atoms with Crippen LogP contribution in [0.15, 0.2) is 0 Å². The Kier molecular flexibility index (Phi) is 2.43. The summed E-state index contributed by atoms with van der Waals surface area (Å²) in [6.07, 6.45) is -2.91. The van der Waals surface area contributed by atoms with E-state index < -0.39 is 29.2 Å². The van der Waals surface area contributed by atoms with E-state index in [1.807, 2.05) is 0 Å². The van der Waals surface area contributed by atoms with E-state index in [4.69, 9.17) is 20.4 Å². The van der Waals surface area contributed by atoms with Gasteiger partial charge in [-0.2, -0.15) is 0 Å². The van der Waals surface area contributed by atoms with Crippen molar-refractivity contribution in [2.45, 2.75) is 22.6 Å². The molecule has 5 nitrogen and oxygen atoms in total. The molecule has 0 aromatic carbocycles. The zero-order chi connectivity index (χ0) is 8.65. The molecule has 1 fully saturated rings. The van der Waals surface area contributed by atoms with Crippen LogP contribution < -0.4 is 0 Å². The van der Waals surface area contributed by atoms with E-state index >= 15 is 0 Å². The first-order chi connectivity index (χ1) is 5.01. The van der Waals surface area contributed by atoms with Gasteiger partial charge in [-0.15, -0.1) is 0 Å². The highest BCUT2D eigenvalue weighted by atomic mass is 32.2. The first-order valence-corrected chi connectivity index (χ1v) is 3.94. The molecule has 0 aromatic heterocycles. The van der Waals surface area contributed by atoms with Gasteiger partial charge in [0.25, 0.3) is 0 Å². The molecule has 11 heavy (non-hydrogen) atoms. The summed E-state index contributed by atoms with van der Waals surface area (Å²) in [7, 11) is 0. The minimum Gasteiger partial charge on any atom is -0.392 e. The SMILES string of the molecule is OC[C@]1(O)SC(O)[C@@H](O)[C@@H]1O. The van der Waals surface area contributed by atoms with Crippen molar-refractivity contribution in [1.82, 2.24) is 0 Å². The third-order valence-corrected chi connectivity index (χ3v) is 2.93. The van der Waals surface area contributed by atoms with Crippen LogP contribution in [0, 0.1) is 0 Å². The maximum absolute atomic E-state index is 9.25. The zero-order valence-electron chi connectivity index (χ0n) is 5.58. The maximum Gasteiger partial charge on any atom is 0.164 e. The van der Waals surface area contributed by atoms with Crippen molar-refractivity contribution in [3.05, 3.63) is 0 Å². The Morgan fingerprint density at radius 1 is 1.27 bits per heavy atom. The third kappa shape index (κ3) is 1.37. The molecule has 0 saturated carbocycles. The number of hydrogen-bond donors (Lipinski definition) is 5. The lowest BCUT2D eigenvalue weighted by molar-refractivity contribution is -0.0942. The van der Waals surface area contributed by atoms with Gasteiger partial charge >= 0.3 is 0 Å². The Hall–Kier alpha value is 0.150. The number of aliphatic hydroxyl groups is 5. The van der Waals surface area contributed by atoms with Gasteiger partial charge in [0.1, 0.15) is 17.6 Å². The van der Waals surface area contributed by atoms with Crippen molar-refractivity contribution in [3.63, 3.8) is 0 Å². The summed E-state index contributed by atoms with van der Waals surface area (Å²) in [6, 6.07) is 0. The predicted molar refractivity (Wildman–Crippen MR) is 37.6 cm³/mol. The molecule has 4 atom stereocenters. The van der Waals surface area contributed by atoms with E-state index in [0.29, 0.717) is 11.8 Å². The number of hydrogen-bond acceptors (Lipinski definition) is 6. The fourth-order valence-electron chi connectivity index (χ4n) is 0.902. The first kappa shape index (κ1) is 9.24. The quantitative estimate of drug-likeness (QED) is 0.306. The molecule has 1 rings (SSSR count). The topological polar surface area (TPSA) is 101 Å². The van der Waals surface area contributed by atoms with Gasteiger partial charge in [-0.25, -0.2) is 0 Å². The molecule has 0 radical (unpaired) electrons. The van der Waals surface area contributed by atoms with Gasteiger partial charge in [0.15, 0.2) is 4.93 Å². The summed E-state index contributed by atoms with van der Waals surface area (Å²) in [6.45, 7) is -0.701. The van der Waals surface area contributed by atoms with Crippen LogP contribution >= 0.6 is 11.8 Å². The van der Waals surface area contributed by atoms with E-state index in [-0.39, 0.29) is 0 Å². The summed E-state index contributed by atoms with van der Waals surface area (Å²) < 4.78 is 0. The Morgan fingerprint density at radius 2 is 1.82 bits per heavy atom. The molecule has 1 aliphatic rings. The second-order valence-electron chi connectivity index (χ2n) is 2.45. The number of thioether (sulfide) groups is 1. The van der Waals surface area contributed by atoms with Crippen LogP contribution in [0.25, 0.3) is 0 Å². The molecular formula is C5H10O5S. The molecule has 66 valence electrons. The van der Waals surface area contributed by atoms with E-state index in [2.05, 4.69) is 0 Å². The molecule has 0 amide bonds. The molecular weight excluding hydrogens is 172 g/mol. The van der Waals surface area contributed by atoms with Crippen molar-refractivity contribution in [1.29, 1.82) is 0 Å². The molecule has 0 aromatic rings. The van der Waals surface area contributed by atoms with E-state index in [9.17, 15) is 5.11 Å². The smallest absolute Gasteiger partial charge is 0.164 e. The Balaban J connectivity index is 2.73. The van der Waals surface area contributed by atoms with Gasteiger partial charge in [0, 0.05) is 0 Å². The monoisotopic (exact) mass is 182 g/mol. The van der Waals surface area contributed by atoms with Gasteiger partial charge in [0.05, 0.1) is 6.61 Å². The average molecular weight is 182 g/mol. The standard InChI is InChI=1S/C5H10O5S/c6-1-5(10)3(8)2(7)4(9)11-5/h2-4,6-10H,1H2/t2-,3-,4?,5-/m0/s1. The predicted octanol–water partition coefficient (Wildman–Crippen LogP) is -2.55. The first-order valence-electron chi connectivity index (χ1n) is 3.06. The van der Waals surface area contributed by atoms with Crippen LogP contribution in [0.1, 0.15) is 0 Å². The lowest BCUT2D eigenvalue weighted by Crippen LogP contribution is -2.43. The van der Waals surface area contributed by atoms with E-state index in [1.165, 1.54) is 0 Å². The Labute approximate surface area is 67.3 Å². The van der Waals surface area contributed by atoms with Crippen LogP contribution in [0.5, 0.6) is 0 Å². The van der Waals surface area contributed by atoms with Crippen LogP contribution in [-0.2, 0) is 0 Å². The minimum atomic E-state index is -1.83. The molecule has 0 bridgehead atoms. The molecule has 1 heterocycles. The van der Waals surface area contributed by atoms with Gasteiger partial charge in [-0.1, -0.05) is 11.8 Å². The van der Waals surface area contributed by atoms with Crippen LogP contribution in [0.3, 0.4) is 0 Å². The molecule has 1 aliphatic heterocycles. The van der Waals surface area contributed by atoms with Crippen molar-refractivity contribution in [2.75, 3.05) is 6.61 Å². The summed E-state index contributed by atoms with van der Waals surface area (Å²) in [4.78, 5) is -1.83. The Bertz CT molecular complexity index is 154. The average Bonchev–Trinajstić information content (AvgIpc) is 2.17. The highest BCUT2D eigenvalue weighted by Crippen LogP contribution is 2.40. The van der Waals surface area contributed by atoms with Crippen LogP contribution in [0.2, 0.25) is 0 Å². The van der Waals surface area contributed by atoms with Crippen molar-refractivity contribution in [3.8, 4) is 0 Å². The third-order valence-electron chi connectivity index (χ3n) is 1.63. The second-order valence-corrected chi connectivity index (χ2v) is 3.87. The largest absolute Gasteiger partial charge is 0.392 e. The van der Waals surface area contributed by atoms with Gasteiger partial charge in [-0.3, -0.25) is 0 Å². The highest BCUT2D eigenvalue weighted by Gasteiger charge is 2.51. The second kappa shape index (κ2) is 2.89. The molecule has 6 heteroatoms. The zero-order valence-corrected chi connectivity index (χ0v) is 6.40. The summed E-state index contributed by atoms with van der Waals surface area (Å²) in [5.74, 6) is 0. The molecule has 5 N–H and O–H groups in total.